The van der Waals surface area contributed by atoms with Crippen molar-refractivity contribution in [2.24, 2.45) is 0 Å². The number of benzene rings is 1. The maximum atomic E-state index is 13.5. The summed E-state index contributed by atoms with van der Waals surface area (Å²) in [5, 5.41) is 9.36. The van der Waals surface area contributed by atoms with Gasteiger partial charge in [0.05, 0.1) is 49.4 Å². The second-order valence-corrected chi connectivity index (χ2v) is 12.5. The average Bonchev–Trinajstić information content (AvgIpc) is 3.35. The number of carbonyl (C=O) groups excluding carboxylic acids is 1. The standard InChI is InChI=1S/C23H23N5O3S2/c1-12-21-17(23(29)25-15-5-6-18-20(9-15)32-13(2)24-18)10-19(14-3-4-14)26-22(21)28(27-12)16-7-8-33(30,31)11-16/h5-6,9-10,14,16H,3-4,7-8,11H2,1-2H3,(H,25,29)/t16-/m1/s1. The molecule has 2 aliphatic rings. The number of aryl methyl sites for hydroxylation is 2. The summed E-state index contributed by atoms with van der Waals surface area (Å²) in [5.41, 5.74) is 4.33. The first-order chi connectivity index (χ1) is 15.8. The third kappa shape index (κ3) is 3.71. The van der Waals surface area contributed by atoms with Crippen molar-refractivity contribution in [2.45, 2.75) is 45.1 Å². The Hall–Kier alpha value is -2.85. The Morgan fingerprint density at radius 3 is 2.70 bits per heavy atom. The molecule has 0 spiro atoms. The lowest BCUT2D eigenvalue weighted by molar-refractivity contribution is 0.102. The third-order valence-electron chi connectivity index (χ3n) is 6.40. The molecule has 0 radical (unpaired) electrons. The van der Waals surface area contributed by atoms with E-state index in [4.69, 9.17) is 4.98 Å². The number of hydrogen-bond acceptors (Lipinski definition) is 7. The largest absolute Gasteiger partial charge is 0.322 e. The van der Waals surface area contributed by atoms with E-state index in [9.17, 15) is 13.2 Å². The van der Waals surface area contributed by atoms with E-state index in [2.05, 4.69) is 15.4 Å². The summed E-state index contributed by atoms with van der Waals surface area (Å²) in [5.74, 6) is 0.349. The molecule has 1 N–H and O–H groups in total. The molecular weight excluding hydrogens is 458 g/mol. The first-order valence-electron chi connectivity index (χ1n) is 11.1. The predicted octanol–water partition coefficient (Wildman–Crippen LogP) is 4.15. The first kappa shape index (κ1) is 20.7. The van der Waals surface area contributed by atoms with Gasteiger partial charge in [-0.05, 0) is 57.4 Å². The van der Waals surface area contributed by atoms with Crippen molar-refractivity contribution in [3.8, 4) is 0 Å². The molecule has 2 fully saturated rings. The van der Waals surface area contributed by atoms with Crippen molar-refractivity contribution in [1.29, 1.82) is 0 Å². The lowest BCUT2D eigenvalue weighted by atomic mass is 10.1. The number of carbonyl (C=O) groups is 1. The minimum atomic E-state index is -3.07. The van der Waals surface area contributed by atoms with Gasteiger partial charge in [0.1, 0.15) is 0 Å². The molecule has 3 aromatic heterocycles. The van der Waals surface area contributed by atoms with Crippen LogP contribution < -0.4 is 5.32 Å². The number of amides is 1. The molecule has 8 nitrogen and oxygen atoms in total. The van der Waals surface area contributed by atoms with Crippen molar-refractivity contribution in [3.05, 3.63) is 46.2 Å². The highest BCUT2D eigenvalue weighted by atomic mass is 32.2. The van der Waals surface area contributed by atoms with Crippen molar-refractivity contribution in [2.75, 3.05) is 16.8 Å². The van der Waals surface area contributed by atoms with Crippen LogP contribution in [0.4, 0.5) is 5.69 Å². The van der Waals surface area contributed by atoms with Gasteiger partial charge in [-0.25, -0.2) is 23.1 Å². The zero-order valence-corrected chi connectivity index (χ0v) is 20.0. The van der Waals surface area contributed by atoms with E-state index in [1.165, 1.54) is 0 Å². The summed E-state index contributed by atoms with van der Waals surface area (Å²) >= 11 is 1.59. The number of thiazole rings is 1. The molecule has 6 rings (SSSR count). The van der Waals surface area contributed by atoms with Gasteiger partial charge in [-0.3, -0.25) is 4.79 Å². The number of nitrogens with one attached hydrogen (secondary N) is 1. The van der Waals surface area contributed by atoms with Crippen LogP contribution in [-0.4, -0.2) is 45.6 Å². The molecule has 1 aliphatic heterocycles. The number of hydrogen-bond donors (Lipinski definition) is 1. The van der Waals surface area contributed by atoms with Gasteiger partial charge in [-0.1, -0.05) is 0 Å². The van der Waals surface area contributed by atoms with E-state index < -0.39 is 9.84 Å². The van der Waals surface area contributed by atoms with Crippen LogP contribution in [0.15, 0.2) is 24.3 Å². The average molecular weight is 482 g/mol. The van der Waals surface area contributed by atoms with Gasteiger partial charge in [0.25, 0.3) is 5.91 Å². The highest BCUT2D eigenvalue weighted by Gasteiger charge is 2.34. The first-order valence-corrected chi connectivity index (χ1v) is 13.7. The van der Waals surface area contributed by atoms with Gasteiger partial charge in [-0.15, -0.1) is 11.3 Å². The van der Waals surface area contributed by atoms with Crippen LogP contribution in [0.1, 0.15) is 58.0 Å². The van der Waals surface area contributed by atoms with Crippen LogP contribution in [0.25, 0.3) is 21.3 Å². The zero-order chi connectivity index (χ0) is 22.9. The fourth-order valence-electron chi connectivity index (χ4n) is 4.64. The van der Waals surface area contributed by atoms with Crippen LogP contribution >= 0.6 is 11.3 Å². The van der Waals surface area contributed by atoms with Crippen molar-refractivity contribution >= 4 is 54.0 Å². The number of anilines is 1. The Labute approximate surface area is 195 Å². The summed E-state index contributed by atoms with van der Waals surface area (Å²) < 4.78 is 26.9. The van der Waals surface area contributed by atoms with E-state index in [0.29, 0.717) is 40.3 Å². The Bertz CT molecular complexity index is 1550. The van der Waals surface area contributed by atoms with Crippen molar-refractivity contribution in [1.82, 2.24) is 19.7 Å². The highest BCUT2D eigenvalue weighted by Crippen LogP contribution is 2.41. The zero-order valence-electron chi connectivity index (χ0n) is 18.3. The second-order valence-electron chi connectivity index (χ2n) is 9.02. The highest BCUT2D eigenvalue weighted by molar-refractivity contribution is 7.91. The molecule has 4 aromatic rings. The lowest BCUT2D eigenvalue weighted by Crippen LogP contribution is -2.15. The maximum Gasteiger partial charge on any atom is 0.256 e. The number of aromatic nitrogens is 4. The van der Waals surface area contributed by atoms with Crippen LogP contribution in [0.5, 0.6) is 0 Å². The van der Waals surface area contributed by atoms with Crippen molar-refractivity contribution < 1.29 is 13.2 Å². The van der Waals surface area contributed by atoms with Crippen LogP contribution in [0, 0.1) is 13.8 Å². The summed E-state index contributed by atoms with van der Waals surface area (Å²) in [6, 6.07) is 7.35. The number of fused-ring (bicyclic) bond motifs is 2. The molecule has 1 atom stereocenters. The molecule has 1 aliphatic carbocycles. The minimum Gasteiger partial charge on any atom is -0.322 e. The second kappa shape index (κ2) is 7.33. The van der Waals surface area contributed by atoms with Gasteiger partial charge in [0.15, 0.2) is 15.5 Å². The Kier molecular flexibility index (Phi) is 4.60. The SMILES string of the molecule is Cc1nc2ccc(NC(=O)c3cc(C4CC4)nc4c3c(C)nn4[C@@H]3CCS(=O)(=O)C3)cc2s1. The molecule has 1 saturated carbocycles. The summed E-state index contributed by atoms with van der Waals surface area (Å²) in [6.07, 6.45) is 2.61. The van der Waals surface area contributed by atoms with Gasteiger partial charge in [-0.2, -0.15) is 5.10 Å². The van der Waals surface area contributed by atoms with Crippen molar-refractivity contribution in [3.63, 3.8) is 0 Å². The minimum absolute atomic E-state index is 0.0639. The number of pyridine rings is 1. The predicted molar refractivity (Wildman–Crippen MR) is 129 cm³/mol. The summed E-state index contributed by atoms with van der Waals surface area (Å²) in [4.78, 5) is 22.8. The molecule has 1 amide bonds. The third-order valence-corrected chi connectivity index (χ3v) is 9.09. The van der Waals surface area contributed by atoms with Gasteiger partial charge in [0.2, 0.25) is 0 Å². The smallest absolute Gasteiger partial charge is 0.256 e. The Morgan fingerprint density at radius 1 is 1.15 bits per heavy atom. The van der Waals surface area contributed by atoms with E-state index in [1.54, 1.807) is 16.0 Å². The van der Waals surface area contributed by atoms with E-state index in [0.717, 1.165) is 33.8 Å². The maximum absolute atomic E-state index is 13.5. The van der Waals surface area contributed by atoms with Gasteiger partial charge in [0, 0.05) is 17.3 Å². The summed E-state index contributed by atoms with van der Waals surface area (Å²) in [7, 11) is -3.07. The molecule has 33 heavy (non-hydrogen) atoms. The van der Waals surface area contributed by atoms with Crippen LogP contribution in [0.2, 0.25) is 0 Å². The lowest BCUT2D eigenvalue weighted by Gasteiger charge is -2.12. The number of rotatable bonds is 4. The number of nitrogens with zero attached hydrogens (tertiary/aromatic N) is 4. The van der Waals surface area contributed by atoms with Crippen LogP contribution in [-0.2, 0) is 9.84 Å². The van der Waals surface area contributed by atoms with Crippen LogP contribution in [0.3, 0.4) is 0 Å². The molecule has 10 heteroatoms. The van der Waals surface area contributed by atoms with E-state index in [-0.39, 0.29) is 23.5 Å². The Balaban J connectivity index is 1.43. The fraction of sp³-hybridized carbons (Fsp3) is 0.391. The molecule has 4 heterocycles. The molecule has 0 unspecified atom stereocenters. The molecule has 1 aromatic carbocycles. The fourth-order valence-corrected chi connectivity index (χ4v) is 7.20. The topological polar surface area (TPSA) is 107 Å². The monoisotopic (exact) mass is 481 g/mol. The Morgan fingerprint density at radius 2 is 1.97 bits per heavy atom. The van der Waals surface area contributed by atoms with Gasteiger partial charge >= 0.3 is 0 Å². The normalized spacial score (nSPS) is 20.0. The summed E-state index contributed by atoms with van der Waals surface area (Å²) in [6.45, 7) is 3.82. The van der Waals surface area contributed by atoms with E-state index >= 15 is 0 Å². The molecule has 0 bridgehead atoms. The molecule has 170 valence electrons. The molecular formula is C23H23N5O3S2. The van der Waals surface area contributed by atoms with Gasteiger partial charge < -0.3 is 5.32 Å². The van der Waals surface area contributed by atoms with E-state index in [1.807, 2.05) is 38.1 Å². The quantitative estimate of drug-likeness (QED) is 0.469. The number of sulfone groups is 1. The molecule has 1 saturated heterocycles.